The lowest BCUT2D eigenvalue weighted by molar-refractivity contribution is -0.143. The summed E-state index contributed by atoms with van der Waals surface area (Å²) in [6, 6.07) is 24.6. The molecule has 29 heteroatoms. The Kier molecular flexibility index (Phi) is 20.0. The SMILES string of the molecule is CC(C)(F)C(=O)N1CCN(c2cc(Cl)cc3[nH]ncc23)CC1.CN(C1CCN(c2cc(Cl)cc3[nH]ncc23)CC1)S(C)(=O)=O.O=C(N1CCN(c2cc(Cl)cc3[nH]ncc23)CC1)C1(O)CC1.O=S(=O)(Cc1ccccc1)N1CCC(c2cc(Cl)cc3[nH]ncc23)CC1. The van der Waals surface area contributed by atoms with Crippen LogP contribution < -0.4 is 14.7 Å². The number of piperazine rings is 2. The van der Waals surface area contributed by atoms with Gasteiger partial charge in [-0.2, -0.15) is 20.4 Å². The molecule has 2 amide bonds. The summed E-state index contributed by atoms with van der Waals surface area (Å²) in [5, 5.41) is 44.8. The molecule has 0 spiro atoms. The Morgan fingerprint density at radius 2 is 0.989 bits per heavy atom. The number of carbonyl (C=O) groups is 2. The minimum atomic E-state index is -3.29. The number of fused-ring (bicyclic) bond motifs is 4. The number of nitrogens with zero attached hydrogens (tertiary/aromatic N) is 11. The van der Waals surface area contributed by atoms with Crippen molar-refractivity contribution in [2.75, 3.05) is 107 Å². The van der Waals surface area contributed by atoms with E-state index >= 15 is 0 Å². The number of benzene rings is 5. The monoisotopic (exact) mass is 1380 g/mol. The quantitative estimate of drug-likeness (QED) is 0.0807. The van der Waals surface area contributed by atoms with Gasteiger partial charge in [0.15, 0.2) is 5.67 Å². The second-order valence-electron chi connectivity index (χ2n) is 24.6. The van der Waals surface area contributed by atoms with Crippen molar-refractivity contribution in [3.63, 3.8) is 0 Å². The molecule has 14 rings (SSSR count). The average Bonchev–Trinajstić information content (AvgIpc) is 1.53. The lowest BCUT2D eigenvalue weighted by Crippen LogP contribution is -2.53. The Labute approximate surface area is 553 Å². The molecule has 0 unspecified atom stereocenters. The summed E-state index contributed by atoms with van der Waals surface area (Å²) >= 11 is 24.7. The molecular weight excluding hydrogens is 1300 g/mol. The van der Waals surface area contributed by atoms with Crippen molar-refractivity contribution in [1.82, 2.24) is 59.2 Å². The average molecular weight is 1380 g/mol. The molecular formula is C63H74Cl4FN15O7S2. The molecule has 5 aliphatic rings. The third kappa shape index (κ3) is 15.4. The number of carbonyl (C=O) groups excluding carboxylic acids is 2. The molecule has 5 N–H and O–H groups in total. The van der Waals surface area contributed by atoms with Crippen LogP contribution in [0.25, 0.3) is 43.6 Å². The third-order valence-corrected chi connectivity index (χ3v) is 21.9. The fourth-order valence-electron chi connectivity index (χ4n) is 12.5. The normalized spacial score (nSPS) is 17.8. The Hall–Kier alpha value is -6.81. The highest BCUT2D eigenvalue weighted by Crippen LogP contribution is 2.39. The van der Waals surface area contributed by atoms with Crippen LogP contribution in [0.4, 0.5) is 21.5 Å². The first kappa shape index (κ1) is 66.6. The van der Waals surface area contributed by atoms with E-state index < -0.39 is 37.2 Å². The first-order valence-electron chi connectivity index (χ1n) is 30.5. The van der Waals surface area contributed by atoms with Gasteiger partial charge in [-0.25, -0.2) is 29.8 Å². The molecule has 1 aliphatic carbocycles. The summed E-state index contributed by atoms with van der Waals surface area (Å²) in [6.07, 6.45) is 12.8. The predicted octanol–water partition coefficient (Wildman–Crippen LogP) is 10.0. The van der Waals surface area contributed by atoms with Crippen molar-refractivity contribution in [1.29, 1.82) is 0 Å². The van der Waals surface area contributed by atoms with Crippen LogP contribution in [0.2, 0.25) is 20.1 Å². The van der Waals surface area contributed by atoms with Crippen LogP contribution in [0.15, 0.2) is 104 Å². The molecule has 490 valence electrons. The van der Waals surface area contributed by atoms with Crippen LogP contribution in [-0.2, 0) is 35.4 Å². The fraction of sp³-hybridized carbons (Fsp3) is 0.429. The van der Waals surface area contributed by atoms with Gasteiger partial charge in [0, 0.05) is 150 Å². The van der Waals surface area contributed by atoms with Crippen LogP contribution in [0.1, 0.15) is 69.4 Å². The Morgan fingerprint density at radius 3 is 1.41 bits per heavy atom. The first-order valence-corrected chi connectivity index (χ1v) is 35.5. The first-order chi connectivity index (χ1) is 43.8. The number of rotatable bonds is 11. The summed E-state index contributed by atoms with van der Waals surface area (Å²) in [5.41, 5.74) is 5.79. The predicted molar refractivity (Wildman–Crippen MR) is 362 cm³/mol. The van der Waals surface area contributed by atoms with E-state index in [0.29, 0.717) is 85.3 Å². The van der Waals surface area contributed by atoms with E-state index in [0.717, 1.165) is 124 Å². The molecule has 4 aliphatic heterocycles. The van der Waals surface area contributed by atoms with Gasteiger partial charge in [-0.1, -0.05) is 76.7 Å². The molecule has 1 saturated carbocycles. The maximum absolute atomic E-state index is 13.8. The highest BCUT2D eigenvalue weighted by molar-refractivity contribution is 7.88. The molecule has 22 nitrogen and oxygen atoms in total. The summed E-state index contributed by atoms with van der Waals surface area (Å²) in [6.45, 7) is 10.2. The standard InChI is InChI=1S/C19H20ClN3O2S.C15H18ClFN4O.C15H17ClN4O2.C14H19ClN4O2S/c20-16-10-17(18-12-21-22-19(18)11-16)15-6-8-23(9-7-15)26(24,25)13-14-4-2-1-3-5-14;1-15(2,17)14(22)21-5-3-20(4-6-21)13-8-10(16)7-12-11(13)9-18-19-12;16-10-7-12-11(9-17-18-12)13(8-10)19-3-5-20(6-4-19)14(21)15(22)1-2-15;1-18(22(2,20)21)11-3-5-19(6-4-11)14-8-10(15)7-13-12(14)9-16-17-13/h1-5,10-12,15H,6-9,13H2,(H,21,22);7-9H,3-6H2,1-2H3,(H,18,19);7-9,22H,1-6H2,(H,17,18);7-9,11H,3-6H2,1-2H3,(H,16,17). The zero-order chi connectivity index (χ0) is 65.3. The fourth-order valence-corrected chi connectivity index (χ4v) is 15.7. The molecule has 5 fully saturated rings. The van der Waals surface area contributed by atoms with Gasteiger partial charge in [0.1, 0.15) is 5.60 Å². The van der Waals surface area contributed by atoms with E-state index in [2.05, 4.69) is 55.5 Å². The molecule has 4 saturated heterocycles. The Balaban J connectivity index is 0.000000126. The summed E-state index contributed by atoms with van der Waals surface area (Å²) in [5.74, 6) is -0.225. The van der Waals surface area contributed by atoms with Crippen LogP contribution in [0, 0.1) is 0 Å². The number of nitrogens with one attached hydrogen (secondary N) is 4. The van der Waals surface area contributed by atoms with Crippen molar-refractivity contribution in [2.45, 2.75) is 81.4 Å². The highest BCUT2D eigenvalue weighted by atomic mass is 35.5. The maximum Gasteiger partial charge on any atom is 0.259 e. The molecule has 8 heterocycles. The van der Waals surface area contributed by atoms with E-state index in [-0.39, 0.29) is 23.6 Å². The second-order valence-corrected chi connectivity index (χ2v) is 30.3. The van der Waals surface area contributed by atoms with Crippen LogP contribution >= 0.6 is 46.4 Å². The zero-order valence-electron chi connectivity index (χ0n) is 51.4. The molecule has 4 aromatic heterocycles. The number of sulfonamides is 2. The number of amides is 2. The van der Waals surface area contributed by atoms with Crippen molar-refractivity contribution in [2.24, 2.45) is 0 Å². The molecule has 5 aromatic carbocycles. The van der Waals surface area contributed by atoms with Gasteiger partial charge in [-0.15, -0.1) is 0 Å². The highest BCUT2D eigenvalue weighted by Gasteiger charge is 2.50. The van der Waals surface area contributed by atoms with Gasteiger partial charge in [-0.05, 0) is 118 Å². The minimum absolute atomic E-state index is 0.0572. The molecule has 0 atom stereocenters. The van der Waals surface area contributed by atoms with E-state index in [9.17, 15) is 35.9 Å². The number of aromatic nitrogens is 8. The molecule has 0 radical (unpaired) electrons. The van der Waals surface area contributed by atoms with Gasteiger partial charge < -0.3 is 29.6 Å². The number of anilines is 3. The number of alkyl halides is 1. The van der Waals surface area contributed by atoms with Gasteiger partial charge in [0.2, 0.25) is 20.0 Å². The summed E-state index contributed by atoms with van der Waals surface area (Å²) in [7, 11) is -4.78. The number of hydrogen-bond donors (Lipinski definition) is 5. The van der Waals surface area contributed by atoms with Crippen LogP contribution in [0.3, 0.4) is 0 Å². The third-order valence-electron chi connectivity index (χ3n) is 17.8. The van der Waals surface area contributed by atoms with E-state index in [1.165, 1.54) is 24.4 Å². The maximum atomic E-state index is 13.8. The zero-order valence-corrected chi connectivity index (χ0v) is 56.1. The van der Waals surface area contributed by atoms with Crippen molar-refractivity contribution in [3.05, 3.63) is 135 Å². The van der Waals surface area contributed by atoms with E-state index in [4.69, 9.17) is 46.4 Å². The van der Waals surface area contributed by atoms with Crippen molar-refractivity contribution in [3.8, 4) is 0 Å². The minimum Gasteiger partial charge on any atom is -0.380 e. The number of hydrogen-bond acceptors (Lipinski definition) is 14. The summed E-state index contributed by atoms with van der Waals surface area (Å²) < 4.78 is 65.6. The lowest BCUT2D eigenvalue weighted by Gasteiger charge is -2.38. The van der Waals surface area contributed by atoms with Gasteiger partial charge >= 0.3 is 0 Å². The number of aliphatic hydroxyl groups is 1. The topological polar surface area (TPSA) is 260 Å². The van der Waals surface area contributed by atoms with Gasteiger partial charge in [0.25, 0.3) is 11.8 Å². The summed E-state index contributed by atoms with van der Waals surface area (Å²) in [4.78, 5) is 34.1. The number of aromatic amines is 4. The van der Waals surface area contributed by atoms with Crippen molar-refractivity contribution >= 4 is 139 Å². The molecule has 92 heavy (non-hydrogen) atoms. The number of piperidine rings is 2. The van der Waals surface area contributed by atoms with Gasteiger partial charge in [-0.3, -0.25) is 30.0 Å². The molecule has 9 aromatic rings. The van der Waals surface area contributed by atoms with Crippen LogP contribution in [-0.4, -0.2) is 202 Å². The number of H-pyrrole nitrogens is 4. The van der Waals surface area contributed by atoms with E-state index in [1.807, 2.05) is 85.1 Å². The molecule has 0 bridgehead atoms. The Bertz CT molecular complexity index is 4210. The van der Waals surface area contributed by atoms with Gasteiger partial charge in [0.05, 0.1) is 58.9 Å². The number of halogens is 5. The van der Waals surface area contributed by atoms with E-state index in [1.54, 1.807) is 39.7 Å². The smallest absolute Gasteiger partial charge is 0.259 e. The van der Waals surface area contributed by atoms with Crippen LogP contribution in [0.5, 0.6) is 0 Å². The largest absolute Gasteiger partial charge is 0.380 e. The lowest BCUT2D eigenvalue weighted by atomic mass is 9.88. The Morgan fingerprint density at radius 1 is 0.587 bits per heavy atom. The second kappa shape index (κ2) is 27.6. The van der Waals surface area contributed by atoms with Crippen molar-refractivity contribution < 1.29 is 35.9 Å².